The minimum absolute atomic E-state index is 0.394. The predicted molar refractivity (Wildman–Crippen MR) is 82.2 cm³/mol. The molecule has 1 atom stereocenters. The Bertz CT molecular complexity index is 453. The summed E-state index contributed by atoms with van der Waals surface area (Å²) in [7, 11) is 0. The Morgan fingerprint density at radius 3 is 3.00 bits per heavy atom. The molecule has 0 aliphatic carbocycles. The van der Waals surface area contributed by atoms with Gasteiger partial charge in [0.1, 0.15) is 18.0 Å². The zero-order valence-electron chi connectivity index (χ0n) is 12.5. The van der Waals surface area contributed by atoms with Crippen LogP contribution in [-0.2, 0) is 0 Å². The molecule has 20 heavy (non-hydrogen) atoms. The van der Waals surface area contributed by atoms with E-state index in [0.29, 0.717) is 11.5 Å². The molecule has 5 heteroatoms. The van der Waals surface area contributed by atoms with Crippen LogP contribution in [0.3, 0.4) is 0 Å². The number of aromatic nitrogens is 2. The third-order valence-electron chi connectivity index (χ3n) is 4.41. The summed E-state index contributed by atoms with van der Waals surface area (Å²) in [6.45, 7) is 8.82. The lowest BCUT2D eigenvalue weighted by molar-refractivity contribution is 0.239. The van der Waals surface area contributed by atoms with Crippen LogP contribution in [0.2, 0.25) is 0 Å². The van der Waals surface area contributed by atoms with Crippen LogP contribution < -0.4 is 15.5 Å². The fourth-order valence-corrected chi connectivity index (χ4v) is 3.40. The SMILES string of the molecule is CC(C)Nc1cc(N2CCC3(CCCNC3)C2)ncn1. The molecule has 0 bridgehead atoms. The lowest BCUT2D eigenvalue weighted by atomic mass is 9.80. The zero-order chi connectivity index (χ0) is 14.0. The molecule has 1 aromatic rings. The van der Waals surface area contributed by atoms with Crippen LogP contribution in [0.25, 0.3) is 0 Å². The summed E-state index contributed by atoms with van der Waals surface area (Å²) in [6, 6.07) is 2.47. The Hall–Kier alpha value is -1.36. The molecule has 0 amide bonds. The zero-order valence-corrected chi connectivity index (χ0v) is 12.5. The van der Waals surface area contributed by atoms with Crippen LogP contribution in [0.4, 0.5) is 11.6 Å². The fourth-order valence-electron chi connectivity index (χ4n) is 3.40. The van der Waals surface area contributed by atoms with E-state index < -0.39 is 0 Å². The summed E-state index contributed by atoms with van der Waals surface area (Å²) >= 11 is 0. The fraction of sp³-hybridized carbons (Fsp3) is 0.733. The lowest BCUT2D eigenvalue weighted by Gasteiger charge is -2.33. The van der Waals surface area contributed by atoms with Gasteiger partial charge in [-0.05, 0) is 39.7 Å². The number of hydrogen-bond acceptors (Lipinski definition) is 5. The topological polar surface area (TPSA) is 53.1 Å². The largest absolute Gasteiger partial charge is 0.368 e. The maximum atomic E-state index is 4.46. The highest BCUT2D eigenvalue weighted by atomic mass is 15.2. The molecule has 2 aliphatic heterocycles. The highest BCUT2D eigenvalue weighted by molar-refractivity contribution is 5.49. The number of nitrogens with zero attached hydrogens (tertiary/aromatic N) is 3. The van der Waals surface area contributed by atoms with Crippen molar-refractivity contribution < 1.29 is 0 Å². The highest BCUT2D eigenvalue weighted by Gasteiger charge is 2.39. The van der Waals surface area contributed by atoms with Gasteiger partial charge in [0.15, 0.2) is 0 Å². The second-order valence-electron chi connectivity index (χ2n) is 6.51. The van der Waals surface area contributed by atoms with E-state index >= 15 is 0 Å². The molecule has 110 valence electrons. The summed E-state index contributed by atoms with van der Waals surface area (Å²) in [5.41, 5.74) is 0.467. The van der Waals surface area contributed by atoms with Crippen molar-refractivity contribution in [1.29, 1.82) is 0 Å². The van der Waals surface area contributed by atoms with Gasteiger partial charge < -0.3 is 15.5 Å². The summed E-state index contributed by atoms with van der Waals surface area (Å²) in [5, 5.41) is 6.90. The molecular weight excluding hydrogens is 250 g/mol. The van der Waals surface area contributed by atoms with Crippen molar-refractivity contribution in [2.24, 2.45) is 5.41 Å². The van der Waals surface area contributed by atoms with Gasteiger partial charge in [-0.25, -0.2) is 9.97 Å². The van der Waals surface area contributed by atoms with Crippen LogP contribution in [0.5, 0.6) is 0 Å². The van der Waals surface area contributed by atoms with Crippen LogP contribution in [0, 0.1) is 5.41 Å². The van der Waals surface area contributed by atoms with Crippen molar-refractivity contribution in [3.05, 3.63) is 12.4 Å². The van der Waals surface area contributed by atoms with Gasteiger partial charge in [-0.15, -0.1) is 0 Å². The van der Waals surface area contributed by atoms with E-state index in [1.165, 1.54) is 25.8 Å². The van der Waals surface area contributed by atoms with E-state index in [1.807, 2.05) is 0 Å². The van der Waals surface area contributed by atoms with E-state index in [2.05, 4.69) is 45.4 Å². The van der Waals surface area contributed by atoms with E-state index in [-0.39, 0.29) is 0 Å². The molecule has 0 saturated carbocycles. The highest BCUT2D eigenvalue weighted by Crippen LogP contribution is 2.38. The van der Waals surface area contributed by atoms with Crippen LogP contribution in [-0.4, -0.2) is 42.2 Å². The van der Waals surface area contributed by atoms with Crippen molar-refractivity contribution in [2.75, 3.05) is 36.4 Å². The first kappa shape index (κ1) is 13.6. The molecule has 3 rings (SSSR count). The molecule has 1 aromatic heterocycles. The summed E-state index contributed by atoms with van der Waals surface area (Å²) < 4.78 is 0. The molecule has 1 unspecified atom stereocenters. The van der Waals surface area contributed by atoms with Gasteiger partial charge in [0.25, 0.3) is 0 Å². The van der Waals surface area contributed by atoms with E-state index in [4.69, 9.17) is 0 Å². The van der Waals surface area contributed by atoms with Crippen molar-refractivity contribution in [1.82, 2.24) is 15.3 Å². The lowest BCUT2D eigenvalue weighted by Crippen LogP contribution is -2.42. The number of anilines is 2. The van der Waals surface area contributed by atoms with Gasteiger partial charge in [0, 0.05) is 37.2 Å². The molecule has 3 heterocycles. The molecular formula is C15H25N5. The monoisotopic (exact) mass is 275 g/mol. The third-order valence-corrected chi connectivity index (χ3v) is 4.41. The molecule has 5 nitrogen and oxygen atoms in total. The van der Waals surface area contributed by atoms with Crippen molar-refractivity contribution in [2.45, 2.75) is 39.2 Å². The standard InChI is InChI=1S/C15H25N5/c1-12(2)19-13-8-14(18-11-17-13)20-7-5-15(10-20)4-3-6-16-9-15/h8,11-12,16H,3-7,9-10H2,1-2H3,(H,17,18,19). The first-order valence-electron chi connectivity index (χ1n) is 7.71. The average Bonchev–Trinajstić information content (AvgIpc) is 2.83. The number of nitrogens with one attached hydrogen (secondary N) is 2. The van der Waals surface area contributed by atoms with Crippen LogP contribution >= 0.6 is 0 Å². The van der Waals surface area contributed by atoms with Crippen LogP contribution in [0.1, 0.15) is 33.1 Å². The molecule has 0 radical (unpaired) electrons. The van der Waals surface area contributed by atoms with Gasteiger partial charge >= 0.3 is 0 Å². The number of hydrogen-bond donors (Lipinski definition) is 2. The first-order chi connectivity index (χ1) is 9.67. The van der Waals surface area contributed by atoms with Gasteiger partial charge in [-0.1, -0.05) is 0 Å². The normalized spacial score (nSPS) is 26.4. The third kappa shape index (κ3) is 2.87. The average molecular weight is 275 g/mol. The molecule has 2 fully saturated rings. The number of piperidine rings is 1. The predicted octanol–water partition coefficient (Wildman–Crippen LogP) is 1.88. The maximum absolute atomic E-state index is 4.46. The van der Waals surface area contributed by atoms with Gasteiger partial charge in [0.2, 0.25) is 0 Å². The minimum atomic E-state index is 0.394. The van der Waals surface area contributed by atoms with Gasteiger partial charge in [0.05, 0.1) is 0 Å². The molecule has 0 aromatic carbocycles. The second-order valence-corrected chi connectivity index (χ2v) is 6.51. The Balaban J connectivity index is 1.70. The maximum Gasteiger partial charge on any atom is 0.134 e. The summed E-state index contributed by atoms with van der Waals surface area (Å²) in [6.07, 6.45) is 5.59. The summed E-state index contributed by atoms with van der Waals surface area (Å²) in [4.78, 5) is 11.2. The smallest absolute Gasteiger partial charge is 0.134 e. The van der Waals surface area contributed by atoms with Crippen molar-refractivity contribution >= 4 is 11.6 Å². The molecule has 2 aliphatic rings. The molecule has 1 spiro atoms. The molecule has 2 saturated heterocycles. The van der Waals surface area contributed by atoms with Gasteiger partial charge in [-0.3, -0.25) is 0 Å². The van der Waals surface area contributed by atoms with Crippen molar-refractivity contribution in [3.63, 3.8) is 0 Å². The van der Waals surface area contributed by atoms with E-state index in [9.17, 15) is 0 Å². The minimum Gasteiger partial charge on any atom is -0.368 e. The summed E-state index contributed by atoms with van der Waals surface area (Å²) in [5.74, 6) is 1.98. The Morgan fingerprint density at radius 2 is 2.25 bits per heavy atom. The quantitative estimate of drug-likeness (QED) is 0.882. The van der Waals surface area contributed by atoms with Crippen LogP contribution in [0.15, 0.2) is 12.4 Å². The van der Waals surface area contributed by atoms with Crippen molar-refractivity contribution in [3.8, 4) is 0 Å². The number of rotatable bonds is 3. The first-order valence-corrected chi connectivity index (χ1v) is 7.71. The van der Waals surface area contributed by atoms with E-state index in [1.54, 1.807) is 6.33 Å². The molecule has 2 N–H and O–H groups in total. The Kier molecular flexibility index (Phi) is 3.78. The Morgan fingerprint density at radius 1 is 1.35 bits per heavy atom. The second kappa shape index (κ2) is 5.56. The van der Waals surface area contributed by atoms with Gasteiger partial charge in [-0.2, -0.15) is 0 Å². The van der Waals surface area contributed by atoms with E-state index in [0.717, 1.165) is 31.3 Å². The Labute approximate surface area is 121 Å².